The Labute approximate surface area is 93.5 Å². The lowest BCUT2D eigenvalue weighted by Gasteiger charge is -2.16. The minimum Gasteiger partial charge on any atom is -0.408 e. The van der Waals surface area contributed by atoms with E-state index in [0.29, 0.717) is 0 Å². The summed E-state index contributed by atoms with van der Waals surface area (Å²) >= 11 is 0. The second-order valence-corrected chi connectivity index (χ2v) is 3.77. The Morgan fingerprint density at radius 2 is 1.93 bits per heavy atom. The van der Waals surface area contributed by atoms with Crippen LogP contribution >= 0.6 is 0 Å². The summed E-state index contributed by atoms with van der Waals surface area (Å²) in [6.45, 7) is 3.85. The molecule has 3 heteroatoms. The molecule has 1 aliphatic heterocycles. The molecule has 0 bridgehead atoms. The largest absolute Gasteiger partial charge is 0.486 e. The quantitative estimate of drug-likeness (QED) is 0.379. The van der Waals surface area contributed by atoms with Crippen LogP contribution < -0.4 is 0 Å². The van der Waals surface area contributed by atoms with Crippen LogP contribution in [-0.2, 0) is 9.31 Å². The van der Waals surface area contributed by atoms with Crippen molar-refractivity contribution in [2.75, 3.05) is 13.2 Å². The minimum atomic E-state index is -0.126. The van der Waals surface area contributed by atoms with Gasteiger partial charge in [-0.05, 0) is 19.3 Å². The van der Waals surface area contributed by atoms with Crippen LogP contribution in [0.3, 0.4) is 0 Å². The van der Waals surface area contributed by atoms with Crippen molar-refractivity contribution in [1.29, 1.82) is 0 Å². The van der Waals surface area contributed by atoms with Gasteiger partial charge in [0.15, 0.2) is 0 Å². The maximum Gasteiger partial charge on any atom is 0.486 e. The molecule has 0 N–H and O–H groups in total. The van der Waals surface area contributed by atoms with Crippen LogP contribution in [0.5, 0.6) is 0 Å². The number of hydrogen-bond acceptors (Lipinski definition) is 2. The molecule has 0 aromatic carbocycles. The summed E-state index contributed by atoms with van der Waals surface area (Å²) in [5.41, 5.74) is 0. The van der Waals surface area contributed by atoms with Crippen molar-refractivity contribution in [2.24, 2.45) is 0 Å². The van der Waals surface area contributed by atoms with E-state index in [9.17, 15) is 0 Å². The minimum absolute atomic E-state index is 0.126. The monoisotopic (exact) mass is 208 g/mol. The number of rotatable bonds is 6. The molecular formula is C12H21BO2. The standard InChI is InChI=1S/C12H21BO2/c1-2-3-4-5-6-7-8-10-13-14-11-9-12-15-13/h6-8,10H,2-5,9,11-12H2,1H3/b7-6+,10-8+. The average molecular weight is 208 g/mol. The fourth-order valence-corrected chi connectivity index (χ4v) is 1.46. The summed E-state index contributed by atoms with van der Waals surface area (Å²) in [5, 5.41) is 0. The molecule has 0 aromatic heterocycles. The summed E-state index contributed by atoms with van der Waals surface area (Å²) < 4.78 is 10.8. The van der Waals surface area contributed by atoms with Gasteiger partial charge in [0.25, 0.3) is 0 Å². The molecule has 1 rings (SSSR count). The Kier molecular flexibility index (Phi) is 7.31. The van der Waals surface area contributed by atoms with E-state index < -0.39 is 0 Å². The molecule has 0 aliphatic carbocycles. The Balaban J connectivity index is 2.04. The van der Waals surface area contributed by atoms with Crippen molar-refractivity contribution >= 4 is 7.12 Å². The van der Waals surface area contributed by atoms with E-state index in [1.165, 1.54) is 25.7 Å². The summed E-state index contributed by atoms with van der Waals surface area (Å²) in [6.07, 6.45) is 12.4. The lowest BCUT2D eigenvalue weighted by atomic mass is 9.88. The highest BCUT2D eigenvalue weighted by molar-refractivity contribution is 6.50. The van der Waals surface area contributed by atoms with E-state index >= 15 is 0 Å². The van der Waals surface area contributed by atoms with Crippen molar-refractivity contribution < 1.29 is 9.31 Å². The predicted octanol–water partition coefficient (Wildman–Crippen LogP) is 3.14. The molecule has 15 heavy (non-hydrogen) atoms. The summed E-state index contributed by atoms with van der Waals surface area (Å²) in [6, 6.07) is 0. The second kappa shape index (κ2) is 8.75. The lowest BCUT2D eigenvalue weighted by molar-refractivity contribution is 0.142. The summed E-state index contributed by atoms with van der Waals surface area (Å²) in [5.74, 6) is 1.97. The van der Waals surface area contributed by atoms with Crippen LogP contribution in [0.2, 0.25) is 0 Å². The molecule has 1 heterocycles. The highest BCUT2D eigenvalue weighted by Gasteiger charge is 2.16. The Morgan fingerprint density at radius 1 is 1.13 bits per heavy atom. The lowest BCUT2D eigenvalue weighted by Crippen LogP contribution is -2.27. The Hall–Kier alpha value is -0.535. The van der Waals surface area contributed by atoms with E-state index in [4.69, 9.17) is 9.31 Å². The zero-order valence-corrected chi connectivity index (χ0v) is 9.65. The van der Waals surface area contributed by atoms with Crippen LogP contribution in [0.4, 0.5) is 0 Å². The third-order valence-electron chi connectivity index (χ3n) is 2.34. The van der Waals surface area contributed by atoms with Crippen LogP contribution in [0.15, 0.2) is 24.2 Å². The van der Waals surface area contributed by atoms with Gasteiger partial charge in [0.2, 0.25) is 0 Å². The van der Waals surface area contributed by atoms with Gasteiger partial charge in [-0.3, -0.25) is 0 Å². The Morgan fingerprint density at radius 3 is 2.67 bits per heavy atom. The first-order valence-corrected chi connectivity index (χ1v) is 6.00. The van der Waals surface area contributed by atoms with Crippen molar-refractivity contribution in [1.82, 2.24) is 0 Å². The zero-order valence-electron chi connectivity index (χ0n) is 9.65. The van der Waals surface area contributed by atoms with Gasteiger partial charge >= 0.3 is 7.12 Å². The van der Waals surface area contributed by atoms with Gasteiger partial charge in [-0.2, -0.15) is 0 Å². The smallest absolute Gasteiger partial charge is 0.408 e. The van der Waals surface area contributed by atoms with Gasteiger partial charge in [-0.1, -0.05) is 44.0 Å². The van der Waals surface area contributed by atoms with Gasteiger partial charge in [-0.25, -0.2) is 0 Å². The maximum absolute atomic E-state index is 5.38. The fraction of sp³-hybridized carbons (Fsp3) is 0.667. The van der Waals surface area contributed by atoms with E-state index in [1.54, 1.807) is 0 Å². The third-order valence-corrected chi connectivity index (χ3v) is 2.34. The van der Waals surface area contributed by atoms with Crippen molar-refractivity contribution in [3.63, 3.8) is 0 Å². The summed E-state index contributed by atoms with van der Waals surface area (Å²) in [4.78, 5) is 0. The van der Waals surface area contributed by atoms with Crippen LogP contribution in [0.1, 0.15) is 39.0 Å². The second-order valence-electron chi connectivity index (χ2n) is 3.77. The molecule has 1 fully saturated rings. The van der Waals surface area contributed by atoms with E-state index in [1.807, 2.05) is 12.1 Å². The maximum atomic E-state index is 5.38. The van der Waals surface area contributed by atoms with Crippen molar-refractivity contribution in [2.45, 2.75) is 39.0 Å². The molecule has 0 radical (unpaired) electrons. The highest BCUT2D eigenvalue weighted by Crippen LogP contribution is 2.03. The topological polar surface area (TPSA) is 18.5 Å². The van der Waals surface area contributed by atoms with E-state index in [2.05, 4.69) is 19.1 Å². The average Bonchev–Trinajstić information content (AvgIpc) is 2.29. The SMILES string of the molecule is CCCCC/C=C/C=C/B1OCCCO1. The first kappa shape index (κ1) is 12.5. The van der Waals surface area contributed by atoms with Crippen LogP contribution in [0.25, 0.3) is 0 Å². The van der Waals surface area contributed by atoms with Gasteiger partial charge in [0.05, 0.1) is 0 Å². The molecule has 0 atom stereocenters. The summed E-state index contributed by atoms with van der Waals surface area (Å²) in [7, 11) is -0.126. The number of allylic oxidation sites excluding steroid dienone is 3. The van der Waals surface area contributed by atoms with Gasteiger partial charge < -0.3 is 9.31 Å². The molecular weight excluding hydrogens is 187 g/mol. The fourth-order valence-electron chi connectivity index (χ4n) is 1.46. The molecule has 2 nitrogen and oxygen atoms in total. The Bertz CT molecular complexity index is 196. The first-order valence-electron chi connectivity index (χ1n) is 6.00. The normalized spacial score (nSPS) is 18.1. The van der Waals surface area contributed by atoms with Crippen LogP contribution in [-0.4, -0.2) is 20.3 Å². The zero-order chi connectivity index (χ0) is 10.8. The third kappa shape index (κ3) is 6.53. The van der Waals surface area contributed by atoms with Crippen LogP contribution in [0, 0.1) is 0 Å². The van der Waals surface area contributed by atoms with Gasteiger partial charge in [-0.15, -0.1) is 0 Å². The molecule has 0 unspecified atom stereocenters. The number of unbranched alkanes of at least 4 members (excludes halogenated alkanes) is 3. The van der Waals surface area contributed by atoms with Gasteiger partial charge in [0.1, 0.15) is 0 Å². The van der Waals surface area contributed by atoms with Crippen molar-refractivity contribution in [3.05, 3.63) is 24.2 Å². The molecule has 1 aliphatic rings. The van der Waals surface area contributed by atoms with E-state index in [0.717, 1.165) is 19.6 Å². The number of hydrogen-bond donors (Lipinski definition) is 0. The molecule has 0 aromatic rings. The predicted molar refractivity (Wildman–Crippen MR) is 64.7 cm³/mol. The first-order chi connectivity index (χ1) is 7.43. The van der Waals surface area contributed by atoms with E-state index in [-0.39, 0.29) is 7.12 Å². The highest BCUT2D eigenvalue weighted by atomic mass is 16.6. The molecule has 0 spiro atoms. The van der Waals surface area contributed by atoms with Crippen molar-refractivity contribution in [3.8, 4) is 0 Å². The molecule has 1 saturated heterocycles. The molecule has 84 valence electrons. The molecule has 0 saturated carbocycles. The van der Waals surface area contributed by atoms with Gasteiger partial charge in [0, 0.05) is 13.2 Å². The molecule has 0 amide bonds.